The lowest BCUT2D eigenvalue weighted by Gasteiger charge is -2.10. The summed E-state index contributed by atoms with van der Waals surface area (Å²) >= 11 is 0. The van der Waals surface area contributed by atoms with Gasteiger partial charge in [-0.05, 0) is 42.5 Å². The average molecular weight is 364 g/mol. The number of hydrogen-bond acceptors (Lipinski definition) is 5. The van der Waals surface area contributed by atoms with Gasteiger partial charge in [0.25, 0.3) is 0 Å². The van der Waals surface area contributed by atoms with Crippen LogP contribution < -0.4 is 18.9 Å². The maximum atomic E-state index is 12.4. The molecule has 0 atom stereocenters. The molecule has 0 fully saturated rings. The van der Waals surface area contributed by atoms with Gasteiger partial charge in [-0.3, -0.25) is 0 Å². The summed E-state index contributed by atoms with van der Waals surface area (Å²) in [5, 5.41) is 0. The molecular formula is C22H20O5. The van der Waals surface area contributed by atoms with E-state index in [9.17, 15) is 4.79 Å². The fraction of sp³-hybridized carbons (Fsp3) is 0.136. The third-order valence-electron chi connectivity index (χ3n) is 3.71. The molecule has 0 aliphatic rings. The number of methoxy groups -OCH3 is 1. The zero-order valence-electron chi connectivity index (χ0n) is 15.0. The molecule has 0 bridgehead atoms. The van der Waals surface area contributed by atoms with Crippen molar-refractivity contribution in [2.75, 3.05) is 20.3 Å². The Kier molecular flexibility index (Phi) is 6.30. The van der Waals surface area contributed by atoms with Crippen LogP contribution in [0.3, 0.4) is 0 Å². The van der Waals surface area contributed by atoms with Gasteiger partial charge in [-0.15, -0.1) is 0 Å². The van der Waals surface area contributed by atoms with Gasteiger partial charge in [0.05, 0.1) is 12.7 Å². The van der Waals surface area contributed by atoms with Crippen LogP contribution in [0.1, 0.15) is 10.4 Å². The van der Waals surface area contributed by atoms with Crippen molar-refractivity contribution in [1.29, 1.82) is 0 Å². The highest BCUT2D eigenvalue weighted by Gasteiger charge is 2.12. The van der Waals surface area contributed by atoms with E-state index in [0.29, 0.717) is 36.0 Å². The predicted molar refractivity (Wildman–Crippen MR) is 102 cm³/mol. The highest BCUT2D eigenvalue weighted by Crippen LogP contribution is 2.27. The highest BCUT2D eigenvalue weighted by atomic mass is 16.6. The largest absolute Gasteiger partial charge is 0.493 e. The molecule has 0 radical (unpaired) electrons. The molecule has 5 heteroatoms. The summed E-state index contributed by atoms with van der Waals surface area (Å²) in [5.74, 6) is 1.74. The molecule has 0 amide bonds. The van der Waals surface area contributed by atoms with Crippen molar-refractivity contribution in [2.24, 2.45) is 0 Å². The van der Waals surface area contributed by atoms with Crippen molar-refractivity contribution in [3.63, 3.8) is 0 Å². The van der Waals surface area contributed by atoms with Gasteiger partial charge in [-0.1, -0.05) is 36.4 Å². The normalized spacial score (nSPS) is 10.1. The van der Waals surface area contributed by atoms with Gasteiger partial charge in [0, 0.05) is 0 Å². The molecule has 3 aromatic rings. The summed E-state index contributed by atoms with van der Waals surface area (Å²) in [6.45, 7) is 0.764. The molecule has 5 nitrogen and oxygen atoms in total. The quantitative estimate of drug-likeness (QED) is 0.337. The van der Waals surface area contributed by atoms with Gasteiger partial charge in [0.2, 0.25) is 0 Å². The second-order valence-electron chi connectivity index (χ2n) is 5.58. The van der Waals surface area contributed by atoms with Crippen molar-refractivity contribution >= 4 is 5.97 Å². The first-order chi connectivity index (χ1) is 13.3. The van der Waals surface area contributed by atoms with Crippen molar-refractivity contribution < 1.29 is 23.7 Å². The Morgan fingerprint density at radius 3 is 2.11 bits per heavy atom. The van der Waals surface area contributed by atoms with Crippen molar-refractivity contribution in [3.8, 4) is 23.0 Å². The van der Waals surface area contributed by atoms with Gasteiger partial charge in [-0.2, -0.15) is 0 Å². The minimum atomic E-state index is -0.481. The Balaban J connectivity index is 1.55. The number of esters is 1. The number of rotatable bonds is 8. The monoisotopic (exact) mass is 364 g/mol. The fourth-order valence-corrected chi connectivity index (χ4v) is 2.41. The van der Waals surface area contributed by atoms with Crippen LogP contribution in [0.4, 0.5) is 0 Å². The van der Waals surface area contributed by atoms with E-state index in [1.807, 2.05) is 36.4 Å². The van der Waals surface area contributed by atoms with Gasteiger partial charge >= 0.3 is 5.97 Å². The Bertz CT molecular complexity index is 877. The van der Waals surface area contributed by atoms with Crippen molar-refractivity contribution in [2.45, 2.75) is 0 Å². The zero-order chi connectivity index (χ0) is 18.9. The van der Waals surface area contributed by atoms with E-state index in [2.05, 4.69) is 0 Å². The fourth-order valence-electron chi connectivity index (χ4n) is 2.41. The number of carbonyl (C=O) groups excluding carboxylic acids is 1. The Morgan fingerprint density at radius 1 is 0.741 bits per heavy atom. The van der Waals surface area contributed by atoms with Crippen LogP contribution in [0.5, 0.6) is 23.0 Å². The van der Waals surface area contributed by atoms with E-state index in [1.54, 1.807) is 42.5 Å². The van der Waals surface area contributed by atoms with Gasteiger partial charge in [0.15, 0.2) is 11.5 Å². The molecule has 0 saturated heterocycles. The van der Waals surface area contributed by atoms with Crippen LogP contribution >= 0.6 is 0 Å². The third kappa shape index (κ3) is 5.25. The average Bonchev–Trinajstić information content (AvgIpc) is 2.72. The molecule has 0 aliphatic heterocycles. The number of ether oxygens (including phenoxy) is 4. The van der Waals surface area contributed by atoms with E-state index < -0.39 is 5.97 Å². The lowest BCUT2D eigenvalue weighted by Crippen LogP contribution is -2.11. The van der Waals surface area contributed by atoms with E-state index in [4.69, 9.17) is 18.9 Å². The second-order valence-corrected chi connectivity index (χ2v) is 5.58. The lowest BCUT2D eigenvalue weighted by atomic mass is 10.2. The summed E-state index contributed by atoms with van der Waals surface area (Å²) in [6.07, 6.45) is 0. The van der Waals surface area contributed by atoms with Gasteiger partial charge < -0.3 is 18.9 Å². The second kappa shape index (κ2) is 9.29. The molecule has 0 aliphatic carbocycles. The number of hydrogen-bond donors (Lipinski definition) is 0. The molecule has 0 N–H and O–H groups in total. The maximum Gasteiger partial charge on any atom is 0.343 e. The summed E-state index contributed by atoms with van der Waals surface area (Å²) in [7, 11) is 1.53. The Hall–Kier alpha value is -3.47. The van der Waals surface area contributed by atoms with Crippen molar-refractivity contribution in [1.82, 2.24) is 0 Å². The van der Waals surface area contributed by atoms with E-state index in [-0.39, 0.29) is 0 Å². The Labute approximate surface area is 158 Å². The summed E-state index contributed by atoms with van der Waals surface area (Å²) in [5.41, 5.74) is 0.391. The molecule has 0 heterocycles. The maximum absolute atomic E-state index is 12.4. The summed E-state index contributed by atoms with van der Waals surface area (Å²) < 4.78 is 21.8. The molecule has 0 saturated carbocycles. The number of para-hydroxylation sites is 3. The summed E-state index contributed by atoms with van der Waals surface area (Å²) in [6, 6.07) is 23.3. The van der Waals surface area contributed by atoms with Crippen molar-refractivity contribution in [3.05, 3.63) is 84.4 Å². The Morgan fingerprint density at radius 2 is 1.37 bits per heavy atom. The van der Waals surface area contributed by atoms with E-state index >= 15 is 0 Å². The molecule has 138 valence electrons. The van der Waals surface area contributed by atoms with Gasteiger partial charge in [-0.25, -0.2) is 4.79 Å². The van der Waals surface area contributed by atoms with Crippen LogP contribution in [0.15, 0.2) is 78.9 Å². The third-order valence-corrected chi connectivity index (χ3v) is 3.71. The first-order valence-corrected chi connectivity index (χ1v) is 8.52. The topological polar surface area (TPSA) is 54.0 Å². The summed E-state index contributed by atoms with van der Waals surface area (Å²) in [4.78, 5) is 12.4. The number of carbonyl (C=O) groups is 1. The highest BCUT2D eigenvalue weighted by molar-refractivity contribution is 5.91. The first kappa shape index (κ1) is 18.3. The van der Waals surface area contributed by atoms with Crippen LogP contribution in [-0.4, -0.2) is 26.3 Å². The molecule has 0 unspecified atom stereocenters. The molecule has 3 rings (SSSR count). The molecule has 0 spiro atoms. The lowest BCUT2D eigenvalue weighted by molar-refractivity contribution is 0.0729. The van der Waals surface area contributed by atoms with Gasteiger partial charge in [0.1, 0.15) is 24.7 Å². The molecule has 0 aromatic heterocycles. The standard InChI is InChI=1S/C22H20O5/c1-24-20-12-5-6-13-21(20)27-22(23)17-8-7-11-19(16-17)26-15-14-25-18-9-3-2-4-10-18/h2-13,16H,14-15H2,1H3. The molecule has 27 heavy (non-hydrogen) atoms. The minimum absolute atomic E-state index is 0.361. The smallest absolute Gasteiger partial charge is 0.343 e. The SMILES string of the molecule is COc1ccccc1OC(=O)c1cccc(OCCOc2ccccc2)c1. The molecule has 3 aromatic carbocycles. The number of benzene rings is 3. The van der Waals surface area contributed by atoms with E-state index in [1.165, 1.54) is 7.11 Å². The van der Waals surface area contributed by atoms with Crippen LogP contribution in [0.2, 0.25) is 0 Å². The minimum Gasteiger partial charge on any atom is -0.493 e. The van der Waals surface area contributed by atoms with E-state index in [0.717, 1.165) is 5.75 Å². The van der Waals surface area contributed by atoms with Crippen LogP contribution in [0.25, 0.3) is 0 Å². The molecular weight excluding hydrogens is 344 g/mol. The first-order valence-electron chi connectivity index (χ1n) is 8.52. The van der Waals surface area contributed by atoms with Crippen LogP contribution in [-0.2, 0) is 0 Å². The zero-order valence-corrected chi connectivity index (χ0v) is 15.0. The van der Waals surface area contributed by atoms with Crippen LogP contribution in [0, 0.1) is 0 Å². The predicted octanol–water partition coefficient (Wildman–Crippen LogP) is 4.37.